The van der Waals surface area contributed by atoms with E-state index in [-0.39, 0.29) is 11.8 Å². The van der Waals surface area contributed by atoms with E-state index in [1.807, 2.05) is 0 Å². The largest absolute Gasteiger partial charge is 0.416 e. The van der Waals surface area contributed by atoms with Crippen molar-refractivity contribution in [3.05, 3.63) is 5.89 Å². The fraction of sp³-hybridized carbons (Fsp3) is 0.500. The van der Waals surface area contributed by atoms with Crippen molar-refractivity contribution in [2.45, 2.75) is 11.6 Å². The second kappa shape index (κ2) is 2.84. The highest BCUT2D eigenvalue weighted by Crippen LogP contribution is 2.02. The molecule has 0 spiro atoms. The summed E-state index contributed by atoms with van der Waals surface area (Å²) in [7, 11) is 0. The highest BCUT2D eigenvalue weighted by Gasteiger charge is 1.99. The molecule has 1 aromatic rings. The third kappa shape index (κ3) is 1.69. The highest BCUT2D eigenvalue weighted by molar-refractivity contribution is 7.80. The van der Waals surface area contributed by atoms with Crippen molar-refractivity contribution in [3.8, 4) is 0 Å². The summed E-state index contributed by atoms with van der Waals surface area (Å²) < 4.78 is 4.81. The van der Waals surface area contributed by atoms with Gasteiger partial charge in [0.15, 0.2) is 0 Å². The van der Waals surface area contributed by atoms with Crippen molar-refractivity contribution in [1.82, 2.24) is 10.2 Å². The quantitative estimate of drug-likeness (QED) is 0.572. The summed E-state index contributed by atoms with van der Waals surface area (Å²) in [4.78, 5) is 0. The van der Waals surface area contributed by atoms with Crippen molar-refractivity contribution in [3.63, 3.8) is 0 Å². The molecule has 1 N–H and O–H groups in total. The number of hydrogen-bond donors (Lipinski definition) is 2. The zero-order valence-electron chi connectivity index (χ0n) is 4.61. The second-order valence-electron chi connectivity index (χ2n) is 1.45. The van der Waals surface area contributed by atoms with Crippen LogP contribution in [0.1, 0.15) is 5.89 Å². The maximum absolute atomic E-state index is 8.38. The smallest absolute Gasteiger partial charge is 0.273 e. The predicted octanol–water partition coefficient (Wildman–Crippen LogP) is -0.107. The van der Waals surface area contributed by atoms with Gasteiger partial charge in [0, 0.05) is 6.42 Å². The Kier molecular flexibility index (Phi) is 2.07. The zero-order chi connectivity index (χ0) is 6.69. The summed E-state index contributed by atoms with van der Waals surface area (Å²) in [6.07, 6.45) is 0.396. The molecule has 0 aliphatic heterocycles. The van der Waals surface area contributed by atoms with Crippen LogP contribution in [0.15, 0.2) is 9.64 Å². The van der Waals surface area contributed by atoms with Gasteiger partial charge in [-0.3, -0.25) is 0 Å². The van der Waals surface area contributed by atoms with E-state index in [0.29, 0.717) is 12.3 Å². The van der Waals surface area contributed by atoms with E-state index >= 15 is 0 Å². The molecule has 0 aliphatic carbocycles. The number of rotatable bonds is 2. The molecule has 0 amide bonds. The number of nitrogens with zero attached hydrogens (tertiary/aromatic N) is 2. The monoisotopic (exact) mass is 146 g/mol. The Hall–Kier alpha value is -0.550. The van der Waals surface area contributed by atoms with Crippen LogP contribution >= 0.6 is 12.6 Å². The fourth-order valence-electron chi connectivity index (χ4n) is 0.441. The van der Waals surface area contributed by atoms with E-state index in [4.69, 9.17) is 9.52 Å². The zero-order valence-corrected chi connectivity index (χ0v) is 5.51. The number of aromatic nitrogens is 2. The average molecular weight is 146 g/mol. The third-order valence-corrected chi connectivity index (χ3v) is 0.963. The summed E-state index contributed by atoms with van der Waals surface area (Å²) >= 11 is 3.78. The molecular formula is C4H6N2O2S. The molecular weight excluding hydrogens is 140 g/mol. The Morgan fingerprint density at radius 1 is 1.56 bits per heavy atom. The average Bonchev–Trinajstić information content (AvgIpc) is 2.17. The van der Waals surface area contributed by atoms with E-state index in [1.54, 1.807) is 0 Å². The van der Waals surface area contributed by atoms with Gasteiger partial charge in [0.1, 0.15) is 0 Å². The summed E-state index contributed by atoms with van der Waals surface area (Å²) in [5.41, 5.74) is 0. The van der Waals surface area contributed by atoms with Gasteiger partial charge in [0.25, 0.3) is 5.22 Å². The first-order chi connectivity index (χ1) is 4.33. The van der Waals surface area contributed by atoms with Crippen LogP contribution < -0.4 is 0 Å². The van der Waals surface area contributed by atoms with Crippen LogP contribution in [0.5, 0.6) is 0 Å². The van der Waals surface area contributed by atoms with E-state index in [9.17, 15) is 0 Å². The van der Waals surface area contributed by atoms with E-state index in [0.717, 1.165) is 0 Å². The molecule has 0 bridgehead atoms. The van der Waals surface area contributed by atoms with E-state index in [2.05, 4.69) is 22.8 Å². The molecule has 4 nitrogen and oxygen atoms in total. The van der Waals surface area contributed by atoms with E-state index in [1.165, 1.54) is 0 Å². The SMILES string of the molecule is OCCc1nnc(S)o1. The first-order valence-electron chi connectivity index (χ1n) is 2.45. The fourth-order valence-corrected chi connectivity index (χ4v) is 0.592. The van der Waals surface area contributed by atoms with Crippen LogP contribution in [0.25, 0.3) is 0 Å². The first-order valence-corrected chi connectivity index (χ1v) is 2.90. The van der Waals surface area contributed by atoms with Crippen molar-refractivity contribution in [2.75, 3.05) is 6.61 Å². The minimum absolute atomic E-state index is 0.0232. The number of aliphatic hydroxyl groups excluding tert-OH is 1. The van der Waals surface area contributed by atoms with Crippen LogP contribution in [0, 0.1) is 0 Å². The molecule has 1 heterocycles. The van der Waals surface area contributed by atoms with Crippen LogP contribution in [0.4, 0.5) is 0 Å². The Labute approximate surface area is 57.3 Å². The van der Waals surface area contributed by atoms with Gasteiger partial charge in [0.2, 0.25) is 5.89 Å². The van der Waals surface area contributed by atoms with E-state index < -0.39 is 0 Å². The lowest BCUT2D eigenvalue weighted by molar-refractivity contribution is 0.280. The molecule has 1 aromatic heterocycles. The highest BCUT2D eigenvalue weighted by atomic mass is 32.1. The van der Waals surface area contributed by atoms with Crippen LogP contribution in [-0.2, 0) is 6.42 Å². The molecule has 0 unspecified atom stereocenters. The lowest BCUT2D eigenvalue weighted by atomic mass is 10.5. The minimum Gasteiger partial charge on any atom is -0.416 e. The Morgan fingerprint density at radius 2 is 2.33 bits per heavy atom. The standard InChI is InChI=1S/C4H6N2O2S/c7-2-1-3-5-6-4(9)8-3/h7H,1-2H2,(H,6,9). The maximum Gasteiger partial charge on any atom is 0.273 e. The second-order valence-corrected chi connectivity index (χ2v) is 1.83. The molecule has 50 valence electrons. The maximum atomic E-state index is 8.38. The van der Waals surface area contributed by atoms with Crippen LogP contribution in [0.2, 0.25) is 0 Å². The van der Waals surface area contributed by atoms with Gasteiger partial charge in [-0.15, -0.1) is 10.2 Å². The molecule has 1 rings (SSSR count). The summed E-state index contributed by atoms with van der Waals surface area (Å²) in [5.74, 6) is 0.419. The van der Waals surface area contributed by atoms with Crippen molar-refractivity contribution in [1.29, 1.82) is 0 Å². The molecule has 9 heavy (non-hydrogen) atoms. The molecule has 0 aliphatic rings. The van der Waals surface area contributed by atoms with Crippen molar-refractivity contribution in [2.24, 2.45) is 0 Å². The molecule has 0 radical (unpaired) electrons. The van der Waals surface area contributed by atoms with Crippen LogP contribution in [-0.4, -0.2) is 21.9 Å². The number of thiol groups is 1. The minimum atomic E-state index is 0.0232. The number of hydrogen-bond acceptors (Lipinski definition) is 5. The van der Waals surface area contributed by atoms with Gasteiger partial charge >= 0.3 is 0 Å². The number of aliphatic hydroxyl groups is 1. The van der Waals surface area contributed by atoms with Gasteiger partial charge in [-0.05, 0) is 0 Å². The predicted molar refractivity (Wildman–Crippen MR) is 32.3 cm³/mol. The molecule has 0 atom stereocenters. The molecule has 0 aromatic carbocycles. The van der Waals surface area contributed by atoms with Crippen LogP contribution in [0.3, 0.4) is 0 Å². The molecule has 0 saturated heterocycles. The Morgan fingerprint density at radius 3 is 2.78 bits per heavy atom. The van der Waals surface area contributed by atoms with Crippen molar-refractivity contribution < 1.29 is 9.52 Å². The molecule has 0 fully saturated rings. The van der Waals surface area contributed by atoms with Gasteiger partial charge in [-0.25, -0.2) is 0 Å². The third-order valence-electron chi connectivity index (χ3n) is 0.782. The molecule has 5 heteroatoms. The van der Waals surface area contributed by atoms with Gasteiger partial charge in [-0.2, -0.15) is 0 Å². The Balaban J connectivity index is 2.61. The normalized spacial score (nSPS) is 10.0. The summed E-state index contributed by atoms with van der Waals surface area (Å²) in [5, 5.41) is 15.6. The topological polar surface area (TPSA) is 59.2 Å². The molecule has 0 saturated carbocycles. The lowest BCUT2D eigenvalue weighted by Crippen LogP contribution is -1.89. The lowest BCUT2D eigenvalue weighted by Gasteiger charge is -1.83. The van der Waals surface area contributed by atoms with Crippen molar-refractivity contribution >= 4 is 12.6 Å². The summed E-state index contributed by atoms with van der Waals surface area (Å²) in [6.45, 7) is 0.0232. The van der Waals surface area contributed by atoms with Gasteiger partial charge < -0.3 is 9.52 Å². The van der Waals surface area contributed by atoms with Gasteiger partial charge in [-0.1, -0.05) is 12.6 Å². The summed E-state index contributed by atoms with van der Waals surface area (Å²) in [6, 6.07) is 0. The Bertz CT molecular complexity index is 188. The van der Waals surface area contributed by atoms with Gasteiger partial charge in [0.05, 0.1) is 6.61 Å². The first kappa shape index (κ1) is 6.57.